The van der Waals surface area contributed by atoms with E-state index in [1.165, 1.54) is 15.9 Å². The molecule has 0 radical (unpaired) electrons. The van der Waals surface area contributed by atoms with Crippen LogP contribution in [-0.4, -0.2) is 80.7 Å². The molecule has 3 heterocycles. The van der Waals surface area contributed by atoms with E-state index < -0.39 is 65.1 Å². The highest BCUT2D eigenvalue weighted by atomic mass is 19.1. The summed E-state index contributed by atoms with van der Waals surface area (Å²) in [5.74, 6) is -3.20. The molecule has 4 amide bonds. The molecule has 1 aliphatic carbocycles. The van der Waals surface area contributed by atoms with Gasteiger partial charge in [0.15, 0.2) is 0 Å². The standard InChI is InChI=1S/C32H41FN4O8/c1-31(2,3)45-29(42)34-24-13-8-6-4-5-7-11-20-15-32(20,28(40)41)35-26(38)25-14-21(17-37(25)27(24)39)44-30(43)36-16-19-10-9-12-23(33)22(19)18-36/h7,9-12,20-21,24-25H,4-6,8,13-18H2,1-3H3,(H,34,42)(H,35,38)(H,40,41)/b11-7-/t20-,21-,24+,25+,32-/m1/s1. The molecule has 0 aromatic heterocycles. The second-order valence-corrected chi connectivity index (χ2v) is 13.3. The van der Waals surface area contributed by atoms with E-state index in [1.54, 1.807) is 32.9 Å². The van der Waals surface area contributed by atoms with Gasteiger partial charge in [0, 0.05) is 24.4 Å². The quantitative estimate of drug-likeness (QED) is 0.429. The Morgan fingerprint density at radius 1 is 1.13 bits per heavy atom. The monoisotopic (exact) mass is 628 g/mol. The van der Waals surface area contributed by atoms with Crippen LogP contribution in [-0.2, 0) is 36.9 Å². The van der Waals surface area contributed by atoms with Crippen LogP contribution < -0.4 is 10.6 Å². The first-order valence-electron chi connectivity index (χ1n) is 15.5. The van der Waals surface area contributed by atoms with E-state index in [1.807, 2.05) is 12.2 Å². The van der Waals surface area contributed by atoms with Crippen molar-refractivity contribution in [1.29, 1.82) is 0 Å². The van der Waals surface area contributed by atoms with Crippen LogP contribution in [0.15, 0.2) is 30.4 Å². The maximum Gasteiger partial charge on any atom is 0.410 e. The predicted octanol–water partition coefficient (Wildman–Crippen LogP) is 3.62. The van der Waals surface area contributed by atoms with Crippen molar-refractivity contribution in [2.75, 3.05) is 6.54 Å². The Kier molecular flexibility index (Phi) is 9.09. The number of carboxylic acid groups (broad SMARTS) is 1. The van der Waals surface area contributed by atoms with Crippen molar-refractivity contribution in [2.45, 2.75) is 108 Å². The van der Waals surface area contributed by atoms with Crippen molar-refractivity contribution >= 4 is 30.0 Å². The average Bonchev–Trinajstić information content (AvgIpc) is 3.27. The molecule has 3 N–H and O–H groups in total. The number of alkyl carbamates (subject to hydrolysis) is 1. The van der Waals surface area contributed by atoms with E-state index in [0.717, 1.165) is 19.3 Å². The summed E-state index contributed by atoms with van der Waals surface area (Å²) in [6, 6.07) is 2.45. The molecule has 244 valence electrons. The molecule has 0 spiro atoms. The number of nitrogens with zero attached hydrogens (tertiary/aromatic N) is 2. The van der Waals surface area contributed by atoms with Crippen molar-refractivity contribution in [1.82, 2.24) is 20.4 Å². The third-order valence-corrected chi connectivity index (χ3v) is 8.76. The zero-order chi connectivity index (χ0) is 32.5. The lowest BCUT2D eigenvalue weighted by atomic mass is 10.0. The summed E-state index contributed by atoms with van der Waals surface area (Å²) in [5.41, 5.74) is -1.22. The maximum atomic E-state index is 14.3. The zero-order valence-electron chi connectivity index (χ0n) is 25.8. The Morgan fingerprint density at radius 2 is 1.91 bits per heavy atom. The Balaban J connectivity index is 1.37. The van der Waals surface area contributed by atoms with Gasteiger partial charge in [-0.05, 0) is 58.1 Å². The van der Waals surface area contributed by atoms with Crippen LogP contribution in [0.2, 0.25) is 0 Å². The molecule has 1 saturated carbocycles. The first-order chi connectivity index (χ1) is 21.3. The summed E-state index contributed by atoms with van der Waals surface area (Å²) in [4.78, 5) is 68.5. The molecule has 5 rings (SSSR count). The van der Waals surface area contributed by atoms with Gasteiger partial charge in [-0.2, -0.15) is 0 Å². The average molecular weight is 629 g/mol. The zero-order valence-corrected chi connectivity index (χ0v) is 25.8. The molecule has 1 saturated heterocycles. The number of allylic oxidation sites excluding steroid dienone is 1. The molecule has 0 unspecified atom stereocenters. The van der Waals surface area contributed by atoms with Gasteiger partial charge in [-0.15, -0.1) is 0 Å². The predicted molar refractivity (Wildman–Crippen MR) is 158 cm³/mol. The molecule has 12 nitrogen and oxygen atoms in total. The number of benzene rings is 1. The van der Waals surface area contributed by atoms with Gasteiger partial charge in [-0.1, -0.05) is 37.1 Å². The highest BCUT2D eigenvalue weighted by Gasteiger charge is 2.61. The molecular formula is C32H41FN4O8. The van der Waals surface area contributed by atoms with Crippen LogP contribution in [0.1, 0.15) is 76.8 Å². The highest BCUT2D eigenvalue weighted by Crippen LogP contribution is 2.45. The molecule has 0 bridgehead atoms. The number of carbonyl (C=O) groups excluding carboxylic acids is 4. The van der Waals surface area contributed by atoms with Crippen molar-refractivity contribution in [2.24, 2.45) is 5.92 Å². The lowest BCUT2D eigenvalue weighted by Gasteiger charge is -2.30. The Bertz CT molecular complexity index is 1390. The number of ether oxygens (including phenoxy) is 2. The fourth-order valence-electron chi connectivity index (χ4n) is 6.32. The van der Waals surface area contributed by atoms with Gasteiger partial charge in [0.2, 0.25) is 11.8 Å². The van der Waals surface area contributed by atoms with E-state index in [9.17, 15) is 33.5 Å². The van der Waals surface area contributed by atoms with E-state index >= 15 is 0 Å². The van der Waals surface area contributed by atoms with Crippen molar-refractivity contribution in [3.63, 3.8) is 0 Å². The summed E-state index contributed by atoms with van der Waals surface area (Å²) in [5, 5.41) is 15.4. The minimum Gasteiger partial charge on any atom is -0.479 e. The maximum absolute atomic E-state index is 14.3. The van der Waals surface area contributed by atoms with E-state index in [-0.39, 0.29) is 44.8 Å². The lowest BCUT2D eigenvalue weighted by molar-refractivity contribution is -0.145. The van der Waals surface area contributed by atoms with Gasteiger partial charge in [-0.25, -0.2) is 18.8 Å². The van der Waals surface area contributed by atoms with Crippen molar-refractivity contribution in [3.05, 3.63) is 47.3 Å². The number of aliphatic carboxylic acids is 1. The van der Waals surface area contributed by atoms with Gasteiger partial charge in [0.05, 0.1) is 13.1 Å². The number of carboxylic acids is 1. The summed E-state index contributed by atoms with van der Waals surface area (Å²) in [7, 11) is 0. The normalized spacial score (nSPS) is 29.2. The second kappa shape index (κ2) is 12.7. The third kappa shape index (κ3) is 7.23. The van der Waals surface area contributed by atoms with E-state index in [4.69, 9.17) is 9.47 Å². The fraction of sp³-hybridized carbons (Fsp3) is 0.594. The molecule has 45 heavy (non-hydrogen) atoms. The smallest absolute Gasteiger partial charge is 0.410 e. The highest BCUT2D eigenvalue weighted by molar-refractivity contribution is 5.96. The largest absolute Gasteiger partial charge is 0.479 e. The summed E-state index contributed by atoms with van der Waals surface area (Å²) in [6.07, 6.45) is 4.66. The SMILES string of the molecule is CC(C)(C)OC(=O)N[C@H]1CCCCC/C=C\[C@@H]2C[C@@]2(C(=O)O)NC(=O)[C@@H]2C[C@@H](OC(=O)N3Cc4cccc(F)c4C3)CN2C1=O. The number of hydrogen-bond donors (Lipinski definition) is 3. The Morgan fingerprint density at radius 3 is 2.62 bits per heavy atom. The molecule has 1 aromatic rings. The molecule has 3 aliphatic heterocycles. The molecule has 5 atom stereocenters. The minimum atomic E-state index is -1.49. The Labute approximate surface area is 261 Å². The molecular weight excluding hydrogens is 587 g/mol. The number of nitrogens with one attached hydrogen (secondary N) is 2. The number of halogens is 1. The molecule has 4 aliphatic rings. The van der Waals surface area contributed by atoms with Gasteiger partial charge in [-0.3, -0.25) is 14.5 Å². The fourth-order valence-corrected chi connectivity index (χ4v) is 6.32. The summed E-state index contributed by atoms with van der Waals surface area (Å²) >= 11 is 0. The second-order valence-electron chi connectivity index (χ2n) is 13.3. The number of fused-ring (bicyclic) bond motifs is 3. The topological polar surface area (TPSA) is 155 Å². The van der Waals surface area contributed by atoms with Gasteiger partial charge >= 0.3 is 18.2 Å². The van der Waals surface area contributed by atoms with Gasteiger partial charge in [0.25, 0.3) is 0 Å². The number of hydrogen-bond acceptors (Lipinski definition) is 7. The number of rotatable bonds is 3. The molecule has 13 heteroatoms. The first-order valence-corrected chi connectivity index (χ1v) is 15.5. The minimum absolute atomic E-state index is 0.0258. The molecule has 2 fully saturated rings. The van der Waals surface area contributed by atoms with Crippen LogP contribution >= 0.6 is 0 Å². The van der Waals surface area contributed by atoms with Crippen LogP contribution in [0.25, 0.3) is 0 Å². The Hall–Kier alpha value is -4.16. The third-order valence-electron chi connectivity index (χ3n) is 8.76. The van der Waals surface area contributed by atoms with Crippen LogP contribution in [0.3, 0.4) is 0 Å². The van der Waals surface area contributed by atoms with Crippen LogP contribution in [0.4, 0.5) is 14.0 Å². The van der Waals surface area contributed by atoms with Gasteiger partial charge < -0.3 is 30.1 Å². The summed E-state index contributed by atoms with van der Waals surface area (Å²) < 4.78 is 25.4. The first kappa shape index (κ1) is 32.2. The van der Waals surface area contributed by atoms with E-state index in [2.05, 4.69) is 10.6 Å². The van der Waals surface area contributed by atoms with Crippen molar-refractivity contribution in [3.8, 4) is 0 Å². The van der Waals surface area contributed by atoms with E-state index in [0.29, 0.717) is 17.5 Å². The lowest BCUT2D eigenvalue weighted by Crippen LogP contribution is -2.56. The van der Waals surface area contributed by atoms with Crippen LogP contribution in [0.5, 0.6) is 0 Å². The number of amides is 4. The summed E-state index contributed by atoms with van der Waals surface area (Å²) in [6.45, 7) is 5.15. The number of carbonyl (C=O) groups is 5. The van der Waals surface area contributed by atoms with Gasteiger partial charge in [0.1, 0.15) is 35.1 Å². The van der Waals surface area contributed by atoms with Crippen LogP contribution in [0, 0.1) is 11.7 Å². The van der Waals surface area contributed by atoms with Crippen molar-refractivity contribution < 1.29 is 42.9 Å². The molecule has 1 aromatic carbocycles.